The molecule has 0 aromatic rings. The molecule has 1 aliphatic heterocycles. The van der Waals surface area contributed by atoms with Crippen LogP contribution in [0.5, 0.6) is 0 Å². The van der Waals surface area contributed by atoms with Crippen molar-refractivity contribution in [3.8, 4) is 0 Å². The predicted molar refractivity (Wildman–Crippen MR) is 109 cm³/mol. The summed E-state index contributed by atoms with van der Waals surface area (Å²) < 4.78 is 0. The fraction of sp³-hybridized carbons (Fsp3) is 0.864. The number of nitrogens with zero attached hydrogens (tertiary/aromatic N) is 2. The summed E-state index contributed by atoms with van der Waals surface area (Å²) in [4.78, 5) is 6.72. The van der Waals surface area contributed by atoms with Crippen LogP contribution in [-0.2, 0) is 0 Å². The van der Waals surface area contributed by atoms with Gasteiger partial charge in [0.15, 0.2) is 0 Å². The van der Waals surface area contributed by atoms with E-state index in [4.69, 9.17) is 0 Å². The molecule has 0 bridgehead atoms. The molecule has 0 N–H and O–H groups in total. The van der Waals surface area contributed by atoms with Crippen molar-refractivity contribution in [2.24, 2.45) is 4.99 Å². The van der Waals surface area contributed by atoms with E-state index in [0.717, 1.165) is 13.1 Å². The van der Waals surface area contributed by atoms with Gasteiger partial charge in [-0.3, -0.25) is 4.99 Å². The summed E-state index contributed by atoms with van der Waals surface area (Å²) in [6.07, 6.45) is 25.8. The van der Waals surface area contributed by atoms with E-state index in [-0.39, 0.29) is 0 Å². The highest BCUT2D eigenvalue weighted by molar-refractivity contribution is 5.93. The maximum atomic E-state index is 4.48. The first kappa shape index (κ1) is 21.3. The lowest BCUT2D eigenvalue weighted by molar-refractivity contribution is 0.536. The second-order valence-corrected chi connectivity index (χ2v) is 7.45. The number of aliphatic imine (C=N–C) groups is 1. The maximum absolute atomic E-state index is 4.48. The molecule has 1 rings (SSSR count). The Bertz CT molecular complexity index is 333. The van der Waals surface area contributed by atoms with Crippen LogP contribution in [0.4, 0.5) is 0 Å². The van der Waals surface area contributed by atoms with Crippen LogP contribution >= 0.6 is 0 Å². The number of hydrogen-bond donors (Lipinski definition) is 0. The fourth-order valence-electron chi connectivity index (χ4n) is 3.38. The molecular formula is C22H42N2. The van der Waals surface area contributed by atoms with Crippen molar-refractivity contribution >= 4 is 5.84 Å². The molecule has 1 heterocycles. The van der Waals surface area contributed by atoms with Gasteiger partial charge in [0.25, 0.3) is 0 Å². The summed E-state index contributed by atoms with van der Waals surface area (Å²) >= 11 is 0. The van der Waals surface area contributed by atoms with Crippen LogP contribution in [0.3, 0.4) is 0 Å². The number of unbranched alkanes of at least 4 members (excludes halogenated alkanes) is 14. The van der Waals surface area contributed by atoms with Gasteiger partial charge in [0.05, 0.1) is 6.54 Å². The average Bonchev–Trinajstić information content (AvgIpc) is 2.99. The Morgan fingerprint density at radius 2 is 1.29 bits per heavy atom. The van der Waals surface area contributed by atoms with Crippen LogP contribution < -0.4 is 0 Å². The third-order valence-electron chi connectivity index (χ3n) is 5.09. The van der Waals surface area contributed by atoms with Gasteiger partial charge in [0.2, 0.25) is 0 Å². The zero-order valence-corrected chi connectivity index (χ0v) is 16.6. The van der Waals surface area contributed by atoms with Gasteiger partial charge in [-0.25, -0.2) is 0 Å². The van der Waals surface area contributed by atoms with E-state index in [0.29, 0.717) is 0 Å². The normalized spacial score (nSPS) is 14.8. The average molecular weight is 335 g/mol. The first-order valence-corrected chi connectivity index (χ1v) is 10.8. The topological polar surface area (TPSA) is 15.6 Å². The van der Waals surface area contributed by atoms with Gasteiger partial charge in [0.1, 0.15) is 5.84 Å². The molecule has 24 heavy (non-hydrogen) atoms. The second kappa shape index (κ2) is 15.7. The van der Waals surface area contributed by atoms with Crippen LogP contribution in [-0.4, -0.2) is 30.9 Å². The van der Waals surface area contributed by atoms with Crippen molar-refractivity contribution in [2.45, 2.75) is 103 Å². The van der Waals surface area contributed by atoms with Crippen molar-refractivity contribution in [1.82, 2.24) is 4.90 Å². The lowest BCUT2D eigenvalue weighted by Gasteiger charge is -2.09. The van der Waals surface area contributed by atoms with Gasteiger partial charge < -0.3 is 4.90 Å². The molecule has 0 radical (unpaired) electrons. The number of rotatable bonds is 16. The zero-order chi connectivity index (χ0) is 17.3. The Hall–Kier alpha value is -0.790. The molecule has 2 nitrogen and oxygen atoms in total. The minimum atomic E-state index is 0.967. The number of likely N-dealkylation sites (N-methyl/N-ethyl adjacent to an activating group) is 1. The highest BCUT2D eigenvalue weighted by Crippen LogP contribution is 2.13. The summed E-state index contributed by atoms with van der Waals surface area (Å²) in [5.41, 5.74) is 0. The highest BCUT2D eigenvalue weighted by atomic mass is 15.2. The molecule has 0 amide bonds. The molecule has 140 valence electrons. The number of hydrogen-bond acceptors (Lipinski definition) is 2. The maximum Gasteiger partial charge on any atom is 0.122 e. The van der Waals surface area contributed by atoms with Gasteiger partial charge in [0, 0.05) is 13.6 Å². The Morgan fingerprint density at radius 3 is 1.75 bits per heavy atom. The van der Waals surface area contributed by atoms with Crippen molar-refractivity contribution in [2.75, 3.05) is 20.1 Å². The quantitative estimate of drug-likeness (QED) is 0.285. The van der Waals surface area contributed by atoms with E-state index in [1.807, 2.05) is 0 Å². The highest BCUT2D eigenvalue weighted by Gasteiger charge is 2.07. The van der Waals surface area contributed by atoms with E-state index in [2.05, 4.69) is 36.0 Å². The molecule has 2 heteroatoms. The van der Waals surface area contributed by atoms with E-state index < -0.39 is 0 Å². The molecule has 1 aliphatic rings. The first-order valence-electron chi connectivity index (χ1n) is 10.8. The third kappa shape index (κ3) is 11.7. The third-order valence-corrected chi connectivity index (χ3v) is 5.09. The molecule has 0 aromatic carbocycles. The Labute approximate surface area is 151 Å². The van der Waals surface area contributed by atoms with Gasteiger partial charge in [-0.2, -0.15) is 0 Å². The van der Waals surface area contributed by atoms with E-state index in [1.165, 1.54) is 102 Å². The van der Waals surface area contributed by atoms with E-state index >= 15 is 0 Å². The summed E-state index contributed by atoms with van der Waals surface area (Å²) in [5.74, 6) is 1.17. The Balaban J connectivity index is 1.74. The van der Waals surface area contributed by atoms with Crippen LogP contribution in [0.15, 0.2) is 17.1 Å². The first-order chi connectivity index (χ1) is 11.8. The fourth-order valence-corrected chi connectivity index (χ4v) is 3.38. The zero-order valence-electron chi connectivity index (χ0n) is 16.6. The van der Waals surface area contributed by atoms with Gasteiger partial charge >= 0.3 is 0 Å². The summed E-state index contributed by atoms with van der Waals surface area (Å²) in [6, 6.07) is 0. The van der Waals surface area contributed by atoms with Crippen LogP contribution in [0.1, 0.15) is 103 Å². The summed E-state index contributed by atoms with van der Waals surface area (Å²) in [7, 11) is 2.13. The van der Waals surface area contributed by atoms with Crippen molar-refractivity contribution < 1.29 is 0 Å². The standard InChI is InChI=1S/C22H42N2/c1-3-4-5-6-7-8-9-10-11-12-13-14-15-16-17-18-19-22-23-20-21-24(22)2/h18-19H,3-17,20-21H2,1-2H3/b19-18+. The molecule has 0 unspecified atom stereocenters. The molecule has 0 saturated heterocycles. The number of amidine groups is 1. The van der Waals surface area contributed by atoms with Gasteiger partial charge in [-0.1, -0.05) is 96.5 Å². The van der Waals surface area contributed by atoms with Gasteiger partial charge in [-0.05, 0) is 18.9 Å². The Kier molecular flexibility index (Phi) is 13.9. The van der Waals surface area contributed by atoms with Crippen LogP contribution in [0.2, 0.25) is 0 Å². The Morgan fingerprint density at radius 1 is 0.792 bits per heavy atom. The van der Waals surface area contributed by atoms with Crippen molar-refractivity contribution in [3.05, 3.63) is 12.2 Å². The van der Waals surface area contributed by atoms with Crippen LogP contribution in [0, 0.1) is 0 Å². The largest absolute Gasteiger partial charge is 0.358 e. The molecule has 0 fully saturated rings. The van der Waals surface area contributed by atoms with Crippen molar-refractivity contribution in [3.63, 3.8) is 0 Å². The van der Waals surface area contributed by atoms with E-state index in [1.54, 1.807) is 0 Å². The molecule has 0 spiro atoms. The monoisotopic (exact) mass is 334 g/mol. The summed E-state index contributed by atoms with van der Waals surface area (Å²) in [5, 5.41) is 0. The molecule has 0 aromatic heterocycles. The molecular weight excluding hydrogens is 292 g/mol. The lowest BCUT2D eigenvalue weighted by Crippen LogP contribution is -2.20. The minimum Gasteiger partial charge on any atom is -0.358 e. The van der Waals surface area contributed by atoms with Crippen LogP contribution in [0.25, 0.3) is 0 Å². The molecule has 0 atom stereocenters. The summed E-state index contributed by atoms with van der Waals surface area (Å²) in [6.45, 7) is 4.34. The van der Waals surface area contributed by atoms with Gasteiger partial charge in [-0.15, -0.1) is 0 Å². The lowest BCUT2D eigenvalue weighted by atomic mass is 10.0. The SMILES string of the molecule is CCCCCCCCCCCCCCCC/C=C/C1=NCCN1C. The predicted octanol–water partition coefficient (Wildman–Crippen LogP) is 6.76. The smallest absolute Gasteiger partial charge is 0.122 e. The minimum absolute atomic E-state index is 0.967. The van der Waals surface area contributed by atoms with E-state index in [9.17, 15) is 0 Å². The molecule has 0 saturated carbocycles. The number of allylic oxidation sites excluding steroid dienone is 1. The molecule has 0 aliphatic carbocycles. The van der Waals surface area contributed by atoms with Crippen molar-refractivity contribution in [1.29, 1.82) is 0 Å². The second-order valence-electron chi connectivity index (χ2n) is 7.45.